The first-order valence-electron chi connectivity index (χ1n) is 4.34. The molecule has 0 N–H and O–H groups in total. The molecule has 3 nitrogen and oxygen atoms in total. The van der Waals surface area contributed by atoms with Crippen molar-refractivity contribution in [2.24, 2.45) is 0 Å². The molecule has 1 heterocycles. The Bertz CT molecular complexity index is 496. The van der Waals surface area contributed by atoms with E-state index in [1.807, 2.05) is 12.1 Å². The largest absolute Gasteiger partial charge is 0.439 e. The molecule has 0 unspecified atom stereocenters. The van der Waals surface area contributed by atoms with Crippen molar-refractivity contribution in [3.63, 3.8) is 0 Å². The van der Waals surface area contributed by atoms with E-state index in [2.05, 4.69) is 11.1 Å². The lowest BCUT2D eigenvalue weighted by Gasteiger charge is -1.95. The first kappa shape index (κ1) is 9.75. The average Bonchev–Trinajstić information content (AvgIpc) is 2.78. The lowest BCUT2D eigenvalue weighted by molar-refractivity contribution is 0.529. The molecule has 0 amide bonds. The number of aromatic nitrogens is 1. The van der Waals surface area contributed by atoms with Gasteiger partial charge in [-0.3, -0.25) is 0 Å². The van der Waals surface area contributed by atoms with Gasteiger partial charge in [-0.05, 0) is 24.3 Å². The van der Waals surface area contributed by atoms with Crippen molar-refractivity contribution in [2.75, 3.05) is 0 Å². The number of nitriles is 1. The molecule has 0 aliphatic carbocycles. The lowest BCUT2D eigenvalue weighted by Crippen LogP contribution is -1.76. The van der Waals surface area contributed by atoms with E-state index in [0.717, 1.165) is 5.56 Å². The predicted molar refractivity (Wildman–Crippen MR) is 56.2 cm³/mol. The summed E-state index contributed by atoms with van der Waals surface area (Å²) in [6, 6.07) is 9.16. The fraction of sp³-hybridized carbons (Fsp3) is 0.0909. The third-order valence-electron chi connectivity index (χ3n) is 1.97. The highest BCUT2D eigenvalue weighted by molar-refractivity contribution is 6.16. The van der Waals surface area contributed by atoms with Gasteiger partial charge in [-0.1, -0.05) is 0 Å². The van der Waals surface area contributed by atoms with Gasteiger partial charge < -0.3 is 4.42 Å². The van der Waals surface area contributed by atoms with Crippen molar-refractivity contribution in [1.29, 1.82) is 5.26 Å². The van der Waals surface area contributed by atoms with Crippen molar-refractivity contribution >= 4 is 11.6 Å². The molecule has 0 bridgehead atoms. The first-order valence-corrected chi connectivity index (χ1v) is 4.88. The summed E-state index contributed by atoms with van der Waals surface area (Å²) in [6.45, 7) is 0. The zero-order valence-electron chi connectivity index (χ0n) is 7.77. The van der Waals surface area contributed by atoms with Crippen molar-refractivity contribution < 1.29 is 4.42 Å². The van der Waals surface area contributed by atoms with Gasteiger partial charge in [0.05, 0.1) is 23.7 Å². The highest BCUT2D eigenvalue weighted by Gasteiger charge is 2.04. The van der Waals surface area contributed by atoms with Gasteiger partial charge in [0.2, 0.25) is 5.89 Å². The van der Waals surface area contributed by atoms with E-state index in [1.165, 1.54) is 0 Å². The van der Waals surface area contributed by atoms with Crippen molar-refractivity contribution in [1.82, 2.24) is 4.98 Å². The zero-order valence-corrected chi connectivity index (χ0v) is 8.53. The summed E-state index contributed by atoms with van der Waals surface area (Å²) >= 11 is 5.58. The molecular weight excluding hydrogens is 212 g/mol. The minimum Gasteiger partial charge on any atom is -0.439 e. The van der Waals surface area contributed by atoms with E-state index in [0.29, 0.717) is 17.2 Å². The molecule has 2 aromatic rings. The molecule has 0 fully saturated rings. The van der Waals surface area contributed by atoms with Crippen LogP contribution in [0.1, 0.15) is 11.5 Å². The number of alkyl halides is 1. The lowest BCUT2D eigenvalue weighted by atomic mass is 10.1. The normalized spacial score (nSPS) is 9.87. The van der Waals surface area contributed by atoms with Crippen LogP contribution in [-0.2, 0) is 5.88 Å². The van der Waals surface area contributed by atoms with Gasteiger partial charge in [0.25, 0.3) is 0 Å². The van der Waals surface area contributed by atoms with Crippen LogP contribution >= 0.6 is 11.6 Å². The predicted octanol–water partition coefficient (Wildman–Crippen LogP) is 2.95. The van der Waals surface area contributed by atoms with Crippen LogP contribution in [0.15, 0.2) is 34.9 Å². The number of hydrogen-bond donors (Lipinski definition) is 0. The summed E-state index contributed by atoms with van der Waals surface area (Å²) < 4.78 is 5.37. The topological polar surface area (TPSA) is 49.8 Å². The smallest absolute Gasteiger partial charge is 0.209 e. The number of hydrogen-bond acceptors (Lipinski definition) is 3. The maximum Gasteiger partial charge on any atom is 0.209 e. The molecule has 1 aromatic carbocycles. The maximum atomic E-state index is 8.64. The van der Waals surface area contributed by atoms with Crippen molar-refractivity contribution in [3.8, 4) is 17.4 Å². The van der Waals surface area contributed by atoms with Crippen LogP contribution in [0.3, 0.4) is 0 Å². The van der Waals surface area contributed by atoms with E-state index in [-0.39, 0.29) is 5.88 Å². The maximum absolute atomic E-state index is 8.64. The van der Waals surface area contributed by atoms with Crippen molar-refractivity contribution in [3.05, 3.63) is 41.9 Å². The van der Waals surface area contributed by atoms with Crippen LogP contribution < -0.4 is 0 Å². The monoisotopic (exact) mass is 218 g/mol. The minimum absolute atomic E-state index is 0.260. The highest BCUT2D eigenvalue weighted by atomic mass is 35.5. The molecule has 4 heteroatoms. The Morgan fingerprint density at radius 1 is 1.33 bits per heavy atom. The average molecular weight is 219 g/mol. The van der Waals surface area contributed by atoms with Gasteiger partial charge >= 0.3 is 0 Å². The van der Waals surface area contributed by atoms with Crippen LogP contribution in [0.25, 0.3) is 11.3 Å². The Balaban J connectivity index is 2.33. The van der Waals surface area contributed by atoms with Crippen LogP contribution in [0.2, 0.25) is 0 Å². The Hall–Kier alpha value is -1.79. The van der Waals surface area contributed by atoms with Gasteiger partial charge in [0.1, 0.15) is 0 Å². The summed E-state index contributed by atoms with van der Waals surface area (Å²) in [6.07, 6.45) is 1.62. The third-order valence-corrected chi connectivity index (χ3v) is 2.20. The van der Waals surface area contributed by atoms with Gasteiger partial charge in [-0.25, -0.2) is 4.98 Å². The van der Waals surface area contributed by atoms with Gasteiger partial charge in [0, 0.05) is 5.56 Å². The van der Waals surface area contributed by atoms with Gasteiger partial charge in [-0.15, -0.1) is 11.6 Å². The Morgan fingerprint density at radius 2 is 2.07 bits per heavy atom. The summed E-state index contributed by atoms with van der Waals surface area (Å²) in [4.78, 5) is 3.99. The second kappa shape index (κ2) is 4.16. The molecule has 1 aromatic heterocycles. The molecule has 0 radical (unpaired) electrons. The van der Waals surface area contributed by atoms with Gasteiger partial charge in [-0.2, -0.15) is 5.26 Å². The van der Waals surface area contributed by atoms with Crippen LogP contribution in [-0.4, -0.2) is 4.98 Å². The van der Waals surface area contributed by atoms with Crippen LogP contribution in [0.5, 0.6) is 0 Å². The van der Waals surface area contributed by atoms with E-state index >= 15 is 0 Å². The molecule has 74 valence electrons. The van der Waals surface area contributed by atoms with Gasteiger partial charge in [0.15, 0.2) is 5.76 Å². The van der Waals surface area contributed by atoms with E-state index in [1.54, 1.807) is 18.3 Å². The van der Waals surface area contributed by atoms with E-state index in [9.17, 15) is 0 Å². The number of oxazole rings is 1. The second-order valence-corrected chi connectivity index (χ2v) is 3.21. The zero-order chi connectivity index (χ0) is 10.7. The SMILES string of the molecule is N#Cc1ccc(-c2cnc(CCl)o2)cc1. The summed E-state index contributed by atoms with van der Waals surface area (Å²) in [5, 5.41) is 8.64. The van der Waals surface area contributed by atoms with E-state index in [4.69, 9.17) is 21.3 Å². The fourth-order valence-corrected chi connectivity index (χ4v) is 1.34. The first-order chi connectivity index (χ1) is 7.33. The molecule has 0 aliphatic heterocycles. The molecule has 2 rings (SSSR count). The molecule has 0 atom stereocenters. The summed E-state index contributed by atoms with van der Waals surface area (Å²) in [7, 11) is 0. The molecular formula is C11H7ClN2O. The number of benzene rings is 1. The highest BCUT2D eigenvalue weighted by Crippen LogP contribution is 2.21. The molecule has 0 aliphatic rings. The summed E-state index contributed by atoms with van der Waals surface area (Å²) in [5.41, 5.74) is 1.51. The van der Waals surface area contributed by atoms with Crippen LogP contribution in [0, 0.1) is 11.3 Å². The number of rotatable bonds is 2. The molecule has 0 saturated carbocycles. The van der Waals surface area contributed by atoms with Crippen molar-refractivity contribution in [2.45, 2.75) is 5.88 Å². The quantitative estimate of drug-likeness (QED) is 0.729. The minimum atomic E-state index is 0.260. The second-order valence-electron chi connectivity index (χ2n) is 2.94. The third kappa shape index (κ3) is 2.00. The molecule has 0 spiro atoms. The van der Waals surface area contributed by atoms with E-state index < -0.39 is 0 Å². The molecule has 15 heavy (non-hydrogen) atoms. The Labute approximate surface area is 91.9 Å². The standard InChI is InChI=1S/C11H7ClN2O/c12-5-11-14-7-10(15-11)9-3-1-8(6-13)2-4-9/h1-4,7H,5H2. The Kier molecular flexibility index (Phi) is 2.70. The molecule has 0 saturated heterocycles. The summed E-state index contributed by atoms with van der Waals surface area (Å²) in [5.74, 6) is 1.42. The number of nitrogens with zero attached hydrogens (tertiary/aromatic N) is 2. The van der Waals surface area contributed by atoms with Crippen LogP contribution in [0.4, 0.5) is 0 Å². The Morgan fingerprint density at radius 3 is 2.60 bits per heavy atom. The number of halogens is 1. The fourth-order valence-electron chi connectivity index (χ4n) is 1.21.